The molecule has 0 radical (unpaired) electrons. The average molecular weight is 275 g/mol. The predicted molar refractivity (Wildman–Crippen MR) is 63.8 cm³/mol. The summed E-state index contributed by atoms with van der Waals surface area (Å²) in [6.45, 7) is 1.36. The van der Waals surface area contributed by atoms with E-state index >= 15 is 0 Å². The van der Waals surface area contributed by atoms with Gasteiger partial charge >= 0.3 is 6.18 Å². The van der Waals surface area contributed by atoms with Crippen molar-refractivity contribution in [2.75, 3.05) is 26.9 Å². The van der Waals surface area contributed by atoms with Gasteiger partial charge in [-0.15, -0.1) is 0 Å². The molecule has 19 heavy (non-hydrogen) atoms. The number of hydrogen-bond donors (Lipinski definition) is 1. The second-order valence-electron chi connectivity index (χ2n) is 4.37. The monoisotopic (exact) mass is 275 g/mol. The Kier molecular flexibility index (Phi) is 4.44. The van der Waals surface area contributed by atoms with E-state index in [1.807, 2.05) is 0 Å². The number of alkyl halides is 3. The van der Waals surface area contributed by atoms with E-state index in [-0.39, 0.29) is 12.1 Å². The number of halogens is 3. The van der Waals surface area contributed by atoms with Crippen LogP contribution in [0.2, 0.25) is 0 Å². The van der Waals surface area contributed by atoms with E-state index in [9.17, 15) is 13.2 Å². The first kappa shape index (κ1) is 14.3. The number of ether oxygens (including phenoxy) is 2. The summed E-state index contributed by atoms with van der Waals surface area (Å²) in [5.74, 6) is 0. The van der Waals surface area contributed by atoms with Gasteiger partial charge in [0.05, 0.1) is 31.4 Å². The van der Waals surface area contributed by atoms with Crippen molar-refractivity contribution in [2.45, 2.75) is 18.3 Å². The second kappa shape index (κ2) is 5.90. The van der Waals surface area contributed by atoms with Gasteiger partial charge in [-0.2, -0.15) is 13.2 Å². The summed E-state index contributed by atoms with van der Waals surface area (Å²) in [6, 6.07) is 4.97. The highest BCUT2D eigenvalue weighted by Crippen LogP contribution is 2.31. The Balaban J connectivity index is 2.22. The van der Waals surface area contributed by atoms with E-state index in [0.717, 1.165) is 12.1 Å². The highest BCUT2D eigenvalue weighted by atomic mass is 19.4. The zero-order valence-electron chi connectivity index (χ0n) is 10.5. The lowest BCUT2D eigenvalue weighted by Gasteiger charge is -2.30. The van der Waals surface area contributed by atoms with Gasteiger partial charge in [-0.1, -0.05) is 12.1 Å². The summed E-state index contributed by atoms with van der Waals surface area (Å²) in [5, 5.41) is 2.99. The van der Waals surface area contributed by atoms with E-state index in [2.05, 4.69) is 5.32 Å². The summed E-state index contributed by atoms with van der Waals surface area (Å²) >= 11 is 0. The smallest absolute Gasteiger partial charge is 0.376 e. The first-order valence-electron chi connectivity index (χ1n) is 6.06. The summed E-state index contributed by atoms with van der Waals surface area (Å²) < 4.78 is 48.9. The van der Waals surface area contributed by atoms with E-state index < -0.39 is 11.7 Å². The molecule has 1 aliphatic rings. The van der Waals surface area contributed by atoms with Crippen LogP contribution in [0.25, 0.3) is 0 Å². The zero-order valence-corrected chi connectivity index (χ0v) is 10.5. The lowest BCUT2D eigenvalue weighted by atomic mass is 9.99. The minimum Gasteiger partial charge on any atom is -0.376 e. The molecule has 2 unspecified atom stereocenters. The highest BCUT2D eigenvalue weighted by molar-refractivity contribution is 5.28. The molecule has 0 aliphatic carbocycles. The summed E-state index contributed by atoms with van der Waals surface area (Å²) in [7, 11) is 1.70. The maximum atomic E-state index is 12.7. The van der Waals surface area contributed by atoms with Gasteiger partial charge in [0.1, 0.15) is 6.10 Å². The van der Waals surface area contributed by atoms with Crippen LogP contribution in [0.15, 0.2) is 24.3 Å². The molecule has 1 heterocycles. The third-order valence-corrected chi connectivity index (χ3v) is 3.10. The van der Waals surface area contributed by atoms with Crippen LogP contribution in [0, 0.1) is 0 Å². The first-order valence-corrected chi connectivity index (χ1v) is 6.06. The highest BCUT2D eigenvalue weighted by Gasteiger charge is 2.32. The number of nitrogens with one attached hydrogen (secondary N) is 1. The molecule has 0 bridgehead atoms. The van der Waals surface area contributed by atoms with E-state index in [4.69, 9.17) is 9.47 Å². The summed E-state index contributed by atoms with van der Waals surface area (Å²) in [5.41, 5.74) is -0.102. The molecular formula is C13H16F3NO2. The second-order valence-corrected chi connectivity index (χ2v) is 4.37. The third kappa shape index (κ3) is 3.46. The molecule has 1 saturated heterocycles. The molecule has 0 spiro atoms. The maximum absolute atomic E-state index is 12.7. The zero-order chi connectivity index (χ0) is 13.9. The average Bonchev–Trinajstić information content (AvgIpc) is 2.40. The van der Waals surface area contributed by atoms with Crippen LogP contribution in [0.3, 0.4) is 0 Å². The minimum absolute atomic E-state index is 0.276. The fourth-order valence-corrected chi connectivity index (χ4v) is 2.17. The molecule has 2 atom stereocenters. The van der Waals surface area contributed by atoms with Gasteiger partial charge in [-0.05, 0) is 24.7 Å². The fourth-order valence-electron chi connectivity index (χ4n) is 2.17. The van der Waals surface area contributed by atoms with Crippen molar-refractivity contribution < 1.29 is 22.6 Å². The Labute approximate surface area is 109 Å². The minimum atomic E-state index is -4.34. The Morgan fingerprint density at radius 3 is 2.68 bits per heavy atom. The van der Waals surface area contributed by atoms with Crippen LogP contribution in [0.5, 0.6) is 0 Å². The van der Waals surface area contributed by atoms with Crippen molar-refractivity contribution in [3.63, 3.8) is 0 Å². The van der Waals surface area contributed by atoms with Crippen LogP contribution < -0.4 is 5.32 Å². The molecule has 0 aromatic heterocycles. The molecule has 1 aromatic rings. The normalized spacial score (nSPS) is 22.2. The van der Waals surface area contributed by atoms with Crippen molar-refractivity contribution >= 4 is 0 Å². The lowest BCUT2D eigenvalue weighted by molar-refractivity contribution is -0.137. The largest absolute Gasteiger partial charge is 0.416 e. The van der Waals surface area contributed by atoms with Gasteiger partial charge < -0.3 is 14.8 Å². The summed E-state index contributed by atoms with van der Waals surface area (Å²) in [6.07, 6.45) is -4.61. The van der Waals surface area contributed by atoms with Crippen molar-refractivity contribution in [3.8, 4) is 0 Å². The molecule has 2 rings (SSSR count). The Bertz CT molecular complexity index is 417. The Morgan fingerprint density at radius 1 is 1.32 bits per heavy atom. The molecule has 1 aliphatic heterocycles. The molecule has 3 nitrogen and oxygen atoms in total. The van der Waals surface area contributed by atoms with Gasteiger partial charge in [-0.3, -0.25) is 0 Å². The van der Waals surface area contributed by atoms with Crippen LogP contribution in [-0.2, 0) is 15.7 Å². The van der Waals surface area contributed by atoms with Crippen molar-refractivity contribution in [3.05, 3.63) is 35.4 Å². The Hall–Kier alpha value is -1.11. The van der Waals surface area contributed by atoms with Crippen molar-refractivity contribution in [1.29, 1.82) is 0 Å². The van der Waals surface area contributed by atoms with E-state index in [1.165, 1.54) is 6.07 Å². The lowest BCUT2D eigenvalue weighted by Crippen LogP contribution is -2.39. The number of rotatable bonds is 3. The maximum Gasteiger partial charge on any atom is 0.416 e. The molecule has 0 saturated carbocycles. The van der Waals surface area contributed by atoms with Crippen LogP contribution in [0.4, 0.5) is 13.2 Å². The van der Waals surface area contributed by atoms with Gasteiger partial charge in [0.2, 0.25) is 0 Å². The van der Waals surface area contributed by atoms with Gasteiger partial charge in [0.25, 0.3) is 0 Å². The van der Waals surface area contributed by atoms with Gasteiger partial charge in [-0.25, -0.2) is 0 Å². The molecule has 106 valence electrons. The van der Waals surface area contributed by atoms with Crippen LogP contribution >= 0.6 is 0 Å². The van der Waals surface area contributed by atoms with Crippen molar-refractivity contribution in [2.24, 2.45) is 0 Å². The Morgan fingerprint density at radius 2 is 2.11 bits per heavy atom. The van der Waals surface area contributed by atoms with Crippen LogP contribution in [-0.4, -0.2) is 33.0 Å². The quantitative estimate of drug-likeness (QED) is 0.918. The number of hydrogen-bond acceptors (Lipinski definition) is 3. The van der Waals surface area contributed by atoms with Gasteiger partial charge in [0, 0.05) is 0 Å². The predicted octanol–water partition coefficient (Wildman–Crippen LogP) is 2.38. The molecule has 1 N–H and O–H groups in total. The molecule has 1 aromatic carbocycles. The molecular weight excluding hydrogens is 259 g/mol. The number of benzene rings is 1. The number of likely N-dealkylation sites (N-methyl/N-ethyl adjacent to an activating group) is 1. The van der Waals surface area contributed by atoms with E-state index in [0.29, 0.717) is 25.4 Å². The fraction of sp³-hybridized carbons (Fsp3) is 0.538. The van der Waals surface area contributed by atoms with Gasteiger partial charge in [0.15, 0.2) is 0 Å². The van der Waals surface area contributed by atoms with Crippen molar-refractivity contribution in [1.82, 2.24) is 5.32 Å². The molecule has 6 heteroatoms. The third-order valence-electron chi connectivity index (χ3n) is 3.10. The van der Waals surface area contributed by atoms with Crippen LogP contribution in [0.1, 0.15) is 17.2 Å². The van der Waals surface area contributed by atoms with E-state index in [1.54, 1.807) is 13.1 Å². The molecule has 0 amide bonds. The first-order chi connectivity index (χ1) is 9.02. The standard InChI is InChI=1S/C13H16F3NO2/c1-17-12(11-8-18-5-6-19-11)9-3-2-4-10(7-9)13(14,15)16/h2-4,7,11-12,17H,5-6,8H2,1H3. The summed E-state index contributed by atoms with van der Waals surface area (Å²) in [4.78, 5) is 0. The SMILES string of the molecule is CNC(c1cccc(C(F)(F)F)c1)C1COCCO1. The molecule has 1 fully saturated rings. The topological polar surface area (TPSA) is 30.5 Å².